The van der Waals surface area contributed by atoms with Crippen LogP contribution in [0.3, 0.4) is 0 Å². The molecule has 0 bridgehead atoms. The van der Waals surface area contributed by atoms with Crippen LogP contribution in [-0.4, -0.2) is 24.8 Å². The van der Waals surface area contributed by atoms with Crippen LogP contribution in [0.4, 0.5) is 0 Å². The van der Waals surface area contributed by atoms with E-state index >= 15 is 0 Å². The van der Waals surface area contributed by atoms with Gasteiger partial charge in [0.1, 0.15) is 6.10 Å². The highest BCUT2D eigenvalue weighted by atomic mass is 16.5. The molecule has 2 rings (SSSR count). The summed E-state index contributed by atoms with van der Waals surface area (Å²) in [4.78, 5) is 10.7. The number of esters is 1. The number of hydrogen-bond donors (Lipinski definition) is 0. The van der Waals surface area contributed by atoms with Gasteiger partial charge in [-0.1, -0.05) is 0 Å². The van der Waals surface area contributed by atoms with Gasteiger partial charge in [0, 0.05) is 20.0 Å². The first-order valence-electron chi connectivity index (χ1n) is 4.54. The Balaban J connectivity index is 1.86. The topological polar surface area (TPSA) is 35.5 Å². The summed E-state index contributed by atoms with van der Waals surface area (Å²) < 4.78 is 10.6. The van der Waals surface area contributed by atoms with Gasteiger partial charge in [0.25, 0.3) is 0 Å². The zero-order valence-corrected chi connectivity index (χ0v) is 7.29. The highest BCUT2D eigenvalue weighted by Crippen LogP contribution is 2.37. The first-order chi connectivity index (χ1) is 5.75. The summed E-state index contributed by atoms with van der Waals surface area (Å²) in [6, 6.07) is 0. The average Bonchev–Trinajstić information content (AvgIpc) is 2.43. The number of carbonyl (C=O) groups excluding carboxylic acids is 1. The van der Waals surface area contributed by atoms with E-state index in [4.69, 9.17) is 9.47 Å². The molecule has 3 heteroatoms. The van der Waals surface area contributed by atoms with E-state index in [9.17, 15) is 4.79 Å². The number of carbonyl (C=O) groups is 1. The molecule has 1 aliphatic heterocycles. The fraction of sp³-hybridized carbons (Fsp3) is 0.889. The number of hydrogen-bond acceptors (Lipinski definition) is 3. The van der Waals surface area contributed by atoms with Crippen molar-refractivity contribution in [2.24, 2.45) is 5.92 Å². The number of fused-ring (bicyclic) bond motifs is 1. The molecule has 0 amide bonds. The lowest BCUT2D eigenvalue weighted by molar-refractivity contribution is -0.146. The van der Waals surface area contributed by atoms with Crippen LogP contribution < -0.4 is 0 Å². The Hall–Kier alpha value is -0.570. The largest absolute Gasteiger partial charge is 0.462 e. The summed E-state index contributed by atoms with van der Waals surface area (Å²) in [5.41, 5.74) is 0. The van der Waals surface area contributed by atoms with Crippen LogP contribution in [0, 0.1) is 5.92 Å². The third kappa shape index (κ3) is 1.46. The molecule has 1 heterocycles. The van der Waals surface area contributed by atoms with Crippen molar-refractivity contribution in [3.8, 4) is 0 Å². The van der Waals surface area contributed by atoms with Gasteiger partial charge in [0.2, 0.25) is 0 Å². The van der Waals surface area contributed by atoms with Crippen molar-refractivity contribution in [1.29, 1.82) is 0 Å². The predicted molar refractivity (Wildman–Crippen MR) is 42.6 cm³/mol. The summed E-state index contributed by atoms with van der Waals surface area (Å²) in [5, 5.41) is 0. The molecule has 68 valence electrons. The summed E-state index contributed by atoms with van der Waals surface area (Å²) in [6.07, 6.45) is 3.55. The molecule has 0 spiro atoms. The third-order valence-electron chi connectivity index (χ3n) is 2.74. The minimum atomic E-state index is -0.167. The molecule has 12 heavy (non-hydrogen) atoms. The molecule has 0 aromatic heterocycles. The van der Waals surface area contributed by atoms with E-state index in [0.29, 0.717) is 12.0 Å². The van der Waals surface area contributed by atoms with Crippen LogP contribution in [-0.2, 0) is 14.3 Å². The van der Waals surface area contributed by atoms with Crippen LogP contribution in [0.5, 0.6) is 0 Å². The molecule has 1 saturated carbocycles. The van der Waals surface area contributed by atoms with Gasteiger partial charge >= 0.3 is 5.97 Å². The van der Waals surface area contributed by atoms with Crippen LogP contribution >= 0.6 is 0 Å². The Morgan fingerprint density at radius 2 is 2.33 bits per heavy atom. The van der Waals surface area contributed by atoms with Gasteiger partial charge in [-0.25, -0.2) is 0 Å². The van der Waals surface area contributed by atoms with Crippen LogP contribution in [0.1, 0.15) is 26.2 Å². The highest BCUT2D eigenvalue weighted by Gasteiger charge is 2.39. The summed E-state index contributed by atoms with van der Waals surface area (Å²) in [5.74, 6) is 0.481. The Labute approximate surface area is 72.0 Å². The van der Waals surface area contributed by atoms with Gasteiger partial charge < -0.3 is 9.47 Å². The van der Waals surface area contributed by atoms with Crippen molar-refractivity contribution in [2.45, 2.75) is 38.4 Å². The molecule has 0 unspecified atom stereocenters. The first kappa shape index (κ1) is 8.05. The molecular weight excluding hydrogens is 156 g/mol. The van der Waals surface area contributed by atoms with Crippen molar-refractivity contribution in [1.82, 2.24) is 0 Å². The molecule has 2 aliphatic rings. The van der Waals surface area contributed by atoms with E-state index in [1.54, 1.807) is 0 Å². The monoisotopic (exact) mass is 170 g/mol. The molecule has 0 aromatic rings. The molecule has 0 radical (unpaired) electrons. The van der Waals surface area contributed by atoms with Gasteiger partial charge in [0.15, 0.2) is 0 Å². The maximum Gasteiger partial charge on any atom is 0.302 e. The van der Waals surface area contributed by atoms with Gasteiger partial charge in [0.05, 0.1) is 6.10 Å². The molecule has 3 atom stereocenters. The second kappa shape index (κ2) is 3.05. The van der Waals surface area contributed by atoms with E-state index < -0.39 is 0 Å². The highest BCUT2D eigenvalue weighted by molar-refractivity contribution is 5.66. The smallest absolute Gasteiger partial charge is 0.302 e. The van der Waals surface area contributed by atoms with Crippen molar-refractivity contribution < 1.29 is 14.3 Å². The van der Waals surface area contributed by atoms with Crippen LogP contribution in [0.2, 0.25) is 0 Å². The minimum Gasteiger partial charge on any atom is -0.462 e. The van der Waals surface area contributed by atoms with Crippen molar-refractivity contribution in [2.75, 3.05) is 6.61 Å². The lowest BCUT2D eigenvalue weighted by Crippen LogP contribution is -2.14. The zero-order valence-electron chi connectivity index (χ0n) is 7.29. The number of ether oxygens (including phenoxy) is 2. The normalized spacial score (nSPS) is 39.6. The second-order valence-electron chi connectivity index (χ2n) is 3.66. The number of rotatable bonds is 1. The average molecular weight is 170 g/mol. The Kier molecular flexibility index (Phi) is 2.05. The summed E-state index contributed by atoms with van der Waals surface area (Å²) in [7, 11) is 0. The van der Waals surface area contributed by atoms with E-state index in [1.807, 2.05) is 0 Å². The van der Waals surface area contributed by atoms with Crippen LogP contribution in [0.25, 0.3) is 0 Å². The third-order valence-corrected chi connectivity index (χ3v) is 2.74. The lowest BCUT2D eigenvalue weighted by Gasteiger charge is -2.10. The van der Waals surface area contributed by atoms with Crippen molar-refractivity contribution in [3.05, 3.63) is 0 Å². The molecule has 0 aromatic carbocycles. The second-order valence-corrected chi connectivity index (χ2v) is 3.66. The maximum atomic E-state index is 10.7. The minimum absolute atomic E-state index is 0.123. The standard InChI is InChI=1S/C9H14O3/c1-6(10)12-8-4-7-2-3-11-9(7)5-8/h7-9H,2-5H2,1H3/t7-,8-,9-/m0/s1. The quantitative estimate of drug-likeness (QED) is 0.553. The van der Waals surface area contributed by atoms with Gasteiger partial charge in [-0.15, -0.1) is 0 Å². The molecular formula is C9H14O3. The Morgan fingerprint density at radius 1 is 1.50 bits per heavy atom. The van der Waals surface area contributed by atoms with Crippen molar-refractivity contribution in [3.63, 3.8) is 0 Å². The molecule has 1 saturated heterocycles. The van der Waals surface area contributed by atoms with Crippen molar-refractivity contribution >= 4 is 5.97 Å². The first-order valence-corrected chi connectivity index (χ1v) is 4.54. The molecule has 2 fully saturated rings. The Morgan fingerprint density at radius 3 is 3.00 bits per heavy atom. The summed E-state index contributed by atoms with van der Waals surface area (Å²) in [6.45, 7) is 2.36. The molecule has 1 aliphatic carbocycles. The van der Waals surface area contributed by atoms with E-state index in [-0.39, 0.29) is 12.1 Å². The Bertz CT molecular complexity index is 178. The van der Waals surface area contributed by atoms with Gasteiger partial charge in [-0.3, -0.25) is 4.79 Å². The fourth-order valence-corrected chi connectivity index (χ4v) is 2.25. The molecule has 0 N–H and O–H groups in total. The lowest BCUT2D eigenvalue weighted by atomic mass is 10.1. The molecule has 3 nitrogen and oxygen atoms in total. The van der Waals surface area contributed by atoms with E-state index in [2.05, 4.69) is 0 Å². The van der Waals surface area contributed by atoms with E-state index in [0.717, 1.165) is 25.9 Å². The van der Waals surface area contributed by atoms with Gasteiger partial charge in [-0.2, -0.15) is 0 Å². The predicted octanol–water partition coefficient (Wildman–Crippen LogP) is 1.12. The summed E-state index contributed by atoms with van der Waals surface area (Å²) >= 11 is 0. The maximum absolute atomic E-state index is 10.7. The van der Waals surface area contributed by atoms with Gasteiger partial charge in [-0.05, 0) is 18.8 Å². The van der Waals surface area contributed by atoms with E-state index in [1.165, 1.54) is 6.92 Å². The van der Waals surface area contributed by atoms with Crippen LogP contribution in [0.15, 0.2) is 0 Å². The zero-order chi connectivity index (χ0) is 8.55. The SMILES string of the molecule is CC(=O)O[C@H]1C[C@@H]2CCO[C@H]2C1. The fourth-order valence-electron chi connectivity index (χ4n) is 2.25.